The standard InChI is InChI=1S/C12H20N4O2/c1-4-7-13-11-6-5-10(15-16-11)12(17)14-8-9(2)18-3/h5-6,9H,4,7-8H2,1-3H3,(H,13,16)(H,14,17). The summed E-state index contributed by atoms with van der Waals surface area (Å²) in [6.07, 6.45) is 0.992. The van der Waals surface area contributed by atoms with E-state index in [0.29, 0.717) is 18.1 Å². The summed E-state index contributed by atoms with van der Waals surface area (Å²) in [5, 5.41) is 13.6. The van der Waals surface area contributed by atoms with Gasteiger partial charge < -0.3 is 15.4 Å². The van der Waals surface area contributed by atoms with Crippen molar-refractivity contribution in [2.45, 2.75) is 26.4 Å². The largest absolute Gasteiger partial charge is 0.380 e. The van der Waals surface area contributed by atoms with E-state index in [0.717, 1.165) is 13.0 Å². The molecule has 0 saturated heterocycles. The van der Waals surface area contributed by atoms with Crippen molar-refractivity contribution in [3.8, 4) is 0 Å². The fraction of sp³-hybridized carbons (Fsp3) is 0.583. The monoisotopic (exact) mass is 252 g/mol. The van der Waals surface area contributed by atoms with Gasteiger partial charge in [-0.3, -0.25) is 4.79 Å². The fourth-order valence-corrected chi connectivity index (χ4v) is 1.21. The van der Waals surface area contributed by atoms with E-state index in [-0.39, 0.29) is 12.0 Å². The average Bonchev–Trinajstić information content (AvgIpc) is 2.42. The maximum Gasteiger partial charge on any atom is 0.271 e. The Labute approximate surface area is 107 Å². The molecule has 2 N–H and O–H groups in total. The molecule has 18 heavy (non-hydrogen) atoms. The number of amides is 1. The summed E-state index contributed by atoms with van der Waals surface area (Å²) in [7, 11) is 1.60. The van der Waals surface area contributed by atoms with E-state index in [4.69, 9.17) is 4.74 Å². The van der Waals surface area contributed by atoms with E-state index in [2.05, 4.69) is 27.8 Å². The summed E-state index contributed by atoms with van der Waals surface area (Å²) in [5.41, 5.74) is 0.306. The predicted molar refractivity (Wildman–Crippen MR) is 69.6 cm³/mol. The summed E-state index contributed by atoms with van der Waals surface area (Å²) in [4.78, 5) is 11.7. The Morgan fingerprint density at radius 1 is 1.44 bits per heavy atom. The first-order valence-electron chi connectivity index (χ1n) is 6.06. The third-order valence-electron chi connectivity index (χ3n) is 2.41. The molecule has 100 valence electrons. The van der Waals surface area contributed by atoms with Gasteiger partial charge in [-0.2, -0.15) is 0 Å². The van der Waals surface area contributed by atoms with Gasteiger partial charge in [0.15, 0.2) is 5.69 Å². The van der Waals surface area contributed by atoms with Crippen molar-refractivity contribution < 1.29 is 9.53 Å². The molecule has 6 nitrogen and oxygen atoms in total. The van der Waals surface area contributed by atoms with Gasteiger partial charge in [-0.25, -0.2) is 0 Å². The molecule has 1 atom stereocenters. The number of carbonyl (C=O) groups excluding carboxylic acids is 1. The number of hydrogen-bond donors (Lipinski definition) is 2. The lowest BCUT2D eigenvalue weighted by Gasteiger charge is -2.10. The molecule has 1 unspecified atom stereocenters. The van der Waals surface area contributed by atoms with Gasteiger partial charge in [0.05, 0.1) is 6.10 Å². The van der Waals surface area contributed by atoms with Gasteiger partial charge in [-0.1, -0.05) is 6.92 Å². The smallest absolute Gasteiger partial charge is 0.271 e. The highest BCUT2D eigenvalue weighted by Gasteiger charge is 2.09. The molecule has 1 rings (SSSR count). The number of anilines is 1. The van der Waals surface area contributed by atoms with Gasteiger partial charge in [0, 0.05) is 20.2 Å². The normalized spacial score (nSPS) is 11.9. The van der Waals surface area contributed by atoms with Crippen LogP contribution in [0, 0.1) is 0 Å². The van der Waals surface area contributed by atoms with Crippen molar-refractivity contribution in [3.05, 3.63) is 17.8 Å². The second-order valence-corrected chi connectivity index (χ2v) is 3.99. The summed E-state index contributed by atoms with van der Waals surface area (Å²) in [6, 6.07) is 3.40. The zero-order valence-corrected chi connectivity index (χ0v) is 11.1. The van der Waals surface area contributed by atoms with Crippen LogP contribution in [0.2, 0.25) is 0 Å². The molecular weight excluding hydrogens is 232 g/mol. The Morgan fingerprint density at radius 3 is 2.78 bits per heavy atom. The highest BCUT2D eigenvalue weighted by Crippen LogP contribution is 2.02. The van der Waals surface area contributed by atoms with E-state index in [1.807, 2.05) is 6.92 Å². The van der Waals surface area contributed by atoms with Gasteiger partial charge in [0.2, 0.25) is 0 Å². The van der Waals surface area contributed by atoms with Gasteiger partial charge in [0.25, 0.3) is 5.91 Å². The summed E-state index contributed by atoms with van der Waals surface area (Å²) in [6.45, 7) is 5.24. The van der Waals surface area contributed by atoms with E-state index in [1.54, 1.807) is 19.2 Å². The average molecular weight is 252 g/mol. The minimum atomic E-state index is -0.242. The topological polar surface area (TPSA) is 76.1 Å². The van der Waals surface area contributed by atoms with Crippen LogP contribution >= 0.6 is 0 Å². The maximum absolute atomic E-state index is 11.7. The van der Waals surface area contributed by atoms with E-state index < -0.39 is 0 Å². The Balaban J connectivity index is 2.48. The molecule has 1 amide bonds. The molecule has 6 heteroatoms. The number of nitrogens with one attached hydrogen (secondary N) is 2. The molecule has 0 saturated carbocycles. The van der Waals surface area contributed by atoms with E-state index in [9.17, 15) is 4.79 Å². The third kappa shape index (κ3) is 4.67. The second kappa shape index (κ2) is 7.60. The Hall–Kier alpha value is -1.69. The van der Waals surface area contributed by atoms with Crippen molar-refractivity contribution >= 4 is 11.7 Å². The summed E-state index contributed by atoms with van der Waals surface area (Å²) in [5.74, 6) is 0.437. The minimum absolute atomic E-state index is 0.0209. The lowest BCUT2D eigenvalue weighted by atomic mass is 10.3. The fourth-order valence-electron chi connectivity index (χ4n) is 1.21. The molecule has 1 aromatic rings. The van der Waals surface area contributed by atoms with Crippen LogP contribution in [0.3, 0.4) is 0 Å². The SMILES string of the molecule is CCCNc1ccc(C(=O)NCC(C)OC)nn1. The molecule has 0 aliphatic rings. The predicted octanol–water partition coefficient (Wildman–Crippen LogP) is 1.06. The Kier molecular flexibility index (Phi) is 6.07. The number of methoxy groups -OCH3 is 1. The molecule has 0 radical (unpaired) electrons. The summed E-state index contributed by atoms with van der Waals surface area (Å²) >= 11 is 0. The first kappa shape index (κ1) is 14.4. The van der Waals surface area contributed by atoms with Crippen molar-refractivity contribution in [3.63, 3.8) is 0 Å². The number of hydrogen-bond acceptors (Lipinski definition) is 5. The minimum Gasteiger partial charge on any atom is -0.380 e. The first-order valence-corrected chi connectivity index (χ1v) is 6.06. The van der Waals surface area contributed by atoms with Crippen LogP contribution in [-0.4, -0.2) is 42.4 Å². The van der Waals surface area contributed by atoms with Gasteiger partial charge in [0.1, 0.15) is 5.82 Å². The van der Waals surface area contributed by atoms with Crippen molar-refractivity contribution in [1.29, 1.82) is 0 Å². The van der Waals surface area contributed by atoms with Crippen LogP contribution in [0.4, 0.5) is 5.82 Å². The van der Waals surface area contributed by atoms with Crippen LogP contribution < -0.4 is 10.6 Å². The Morgan fingerprint density at radius 2 is 2.22 bits per heavy atom. The zero-order chi connectivity index (χ0) is 13.4. The maximum atomic E-state index is 11.7. The molecule has 1 aromatic heterocycles. The van der Waals surface area contributed by atoms with Crippen LogP contribution in [0.1, 0.15) is 30.8 Å². The molecule has 1 heterocycles. The highest BCUT2D eigenvalue weighted by molar-refractivity contribution is 5.92. The van der Waals surface area contributed by atoms with Crippen LogP contribution in [0.25, 0.3) is 0 Å². The number of rotatable bonds is 7. The number of carbonyl (C=O) groups is 1. The zero-order valence-electron chi connectivity index (χ0n) is 11.1. The third-order valence-corrected chi connectivity index (χ3v) is 2.41. The second-order valence-electron chi connectivity index (χ2n) is 3.99. The first-order chi connectivity index (χ1) is 8.67. The number of aromatic nitrogens is 2. The van der Waals surface area contributed by atoms with Crippen molar-refractivity contribution in [2.24, 2.45) is 0 Å². The lowest BCUT2D eigenvalue weighted by Crippen LogP contribution is -2.32. The van der Waals surface area contributed by atoms with E-state index in [1.165, 1.54) is 0 Å². The Bertz CT molecular complexity index is 367. The quantitative estimate of drug-likeness (QED) is 0.759. The number of nitrogens with zero attached hydrogens (tertiary/aromatic N) is 2. The van der Waals surface area contributed by atoms with Crippen molar-refractivity contribution in [2.75, 3.05) is 25.5 Å². The molecule has 0 bridgehead atoms. The van der Waals surface area contributed by atoms with Gasteiger partial charge in [-0.15, -0.1) is 10.2 Å². The van der Waals surface area contributed by atoms with Crippen LogP contribution in [0.15, 0.2) is 12.1 Å². The van der Waals surface area contributed by atoms with Gasteiger partial charge >= 0.3 is 0 Å². The molecule has 0 aliphatic heterocycles. The molecule has 0 fully saturated rings. The lowest BCUT2D eigenvalue weighted by molar-refractivity contribution is 0.0865. The summed E-state index contributed by atoms with van der Waals surface area (Å²) < 4.78 is 5.04. The van der Waals surface area contributed by atoms with Crippen LogP contribution in [-0.2, 0) is 4.74 Å². The molecule has 0 aromatic carbocycles. The van der Waals surface area contributed by atoms with Crippen molar-refractivity contribution in [1.82, 2.24) is 15.5 Å². The van der Waals surface area contributed by atoms with Crippen LogP contribution in [0.5, 0.6) is 0 Å². The molecular formula is C12H20N4O2. The van der Waals surface area contributed by atoms with Gasteiger partial charge in [-0.05, 0) is 25.5 Å². The number of ether oxygens (including phenoxy) is 1. The van der Waals surface area contributed by atoms with E-state index >= 15 is 0 Å². The molecule has 0 aliphatic carbocycles. The highest BCUT2D eigenvalue weighted by atomic mass is 16.5. The molecule has 0 spiro atoms.